The Morgan fingerprint density at radius 1 is 0.895 bits per heavy atom. The standard InChI is InChI=1S/C12H6Cl5NO/c13-5-10-6(14)1-2-12(18-10)19-11-4-8(16)7(15)3-9(11)17/h1-4H,5H2. The van der Waals surface area contributed by atoms with Crippen molar-refractivity contribution in [3.63, 3.8) is 0 Å². The van der Waals surface area contributed by atoms with Crippen LogP contribution in [0.3, 0.4) is 0 Å². The Hall–Kier alpha value is -0.380. The van der Waals surface area contributed by atoms with Crippen molar-refractivity contribution in [1.82, 2.24) is 4.98 Å². The minimum atomic E-state index is 0.186. The molecule has 0 saturated heterocycles. The van der Waals surface area contributed by atoms with Crippen LogP contribution in [0.4, 0.5) is 0 Å². The van der Waals surface area contributed by atoms with Crippen LogP contribution in [0.25, 0.3) is 0 Å². The molecular weight excluding hydrogens is 351 g/mol. The number of benzene rings is 1. The summed E-state index contributed by atoms with van der Waals surface area (Å²) in [6.45, 7) is 0. The quantitative estimate of drug-likeness (QED) is 0.480. The average molecular weight is 357 g/mol. The zero-order chi connectivity index (χ0) is 14.0. The summed E-state index contributed by atoms with van der Waals surface area (Å²) in [5.74, 6) is 0.859. The van der Waals surface area contributed by atoms with Crippen LogP contribution in [0.15, 0.2) is 24.3 Å². The van der Waals surface area contributed by atoms with Crippen LogP contribution in [0, 0.1) is 0 Å². The van der Waals surface area contributed by atoms with Crippen LogP contribution in [0.5, 0.6) is 11.6 Å². The summed E-state index contributed by atoms with van der Waals surface area (Å²) in [4.78, 5) is 4.16. The van der Waals surface area contributed by atoms with Crippen LogP contribution in [0.2, 0.25) is 20.1 Å². The first-order valence-electron chi connectivity index (χ1n) is 5.05. The van der Waals surface area contributed by atoms with Gasteiger partial charge in [-0.15, -0.1) is 11.6 Å². The van der Waals surface area contributed by atoms with E-state index < -0.39 is 0 Å². The first-order chi connectivity index (χ1) is 9.01. The number of nitrogens with zero attached hydrogens (tertiary/aromatic N) is 1. The highest BCUT2D eigenvalue weighted by Gasteiger charge is 2.10. The summed E-state index contributed by atoms with van der Waals surface area (Å²) in [6.07, 6.45) is 0. The molecule has 0 bridgehead atoms. The van der Waals surface area contributed by atoms with E-state index in [2.05, 4.69) is 4.98 Å². The third kappa shape index (κ3) is 3.59. The van der Waals surface area contributed by atoms with E-state index in [0.29, 0.717) is 37.4 Å². The Bertz CT molecular complexity index is 617. The van der Waals surface area contributed by atoms with E-state index in [-0.39, 0.29) is 5.88 Å². The van der Waals surface area contributed by atoms with Gasteiger partial charge in [-0.2, -0.15) is 0 Å². The van der Waals surface area contributed by atoms with E-state index in [9.17, 15) is 0 Å². The zero-order valence-corrected chi connectivity index (χ0v) is 13.0. The number of hydrogen-bond donors (Lipinski definition) is 0. The molecule has 0 amide bonds. The van der Waals surface area contributed by atoms with Gasteiger partial charge in [0.25, 0.3) is 0 Å². The lowest BCUT2D eigenvalue weighted by molar-refractivity contribution is 0.462. The molecule has 19 heavy (non-hydrogen) atoms. The second kappa shape index (κ2) is 6.38. The molecule has 1 heterocycles. The highest BCUT2D eigenvalue weighted by Crippen LogP contribution is 2.36. The summed E-state index contributed by atoms with van der Waals surface area (Å²) >= 11 is 29.4. The molecule has 7 heteroatoms. The van der Waals surface area contributed by atoms with Crippen LogP contribution in [-0.4, -0.2) is 4.98 Å². The van der Waals surface area contributed by atoms with Crippen molar-refractivity contribution in [2.24, 2.45) is 0 Å². The molecule has 0 saturated carbocycles. The van der Waals surface area contributed by atoms with Gasteiger partial charge in [-0.25, -0.2) is 4.98 Å². The molecule has 0 fully saturated rings. The number of hydrogen-bond acceptors (Lipinski definition) is 2. The number of ether oxygens (including phenoxy) is 1. The van der Waals surface area contributed by atoms with Crippen LogP contribution >= 0.6 is 58.0 Å². The van der Waals surface area contributed by atoms with Crippen molar-refractivity contribution in [3.8, 4) is 11.6 Å². The summed E-state index contributed by atoms with van der Waals surface area (Å²) in [7, 11) is 0. The van der Waals surface area contributed by atoms with Gasteiger partial charge in [0.05, 0.1) is 31.7 Å². The fraction of sp³-hybridized carbons (Fsp3) is 0.0833. The van der Waals surface area contributed by atoms with E-state index in [4.69, 9.17) is 62.7 Å². The Kier molecular flexibility index (Phi) is 5.04. The smallest absolute Gasteiger partial charge is 0.219 e. The third-order valence-electron chi connectivity index (χ3n) is 2.21. The maximum atomic E-state index is 6.01. The Morgan fingerprint density at radius 3 is 2.26 bits per heavy atom. The fourth-order valence-corrected chi connectivity index (χ4v) is 2.33. The molecule has 0 N–H and O–H groups in total. The first-order valence-corrected chi connectivity index (χ1v) is 7.09. The molecule has 0 aliphatic rings. The zero-order valence-electron chi connectivity index (χ0n) is 9.26. The fourth-order valence-electron chi connectivity index (χ4n) is 1.31. The Morgan fingerprint density at radius 2 is 1.58 bits per heavy atom. The summed E-state index contributed by atoms with van der Waals surface area (Å²) in [6, 6.07) is 6.27. The average Bonchev–Trinajstić information content (AvgIpc) is 2.38. The van der Waals surface area contributed by atoms with Crippen molar-refractivity contribution < 1.29 is 4.74 Å². The molecule has 2 aromatic rings. The lowest BCUT2D eigenvalue weighted by Crippen LogP contribution is -1.93. The van der Waals surface area contributed by atoms with E-state index in [1.807, 2.05) is 0 Å². The molecular formula is C12H6Cl5NO. The number of pyridine rings is 1. The van der Waals surface area contributed by atoms with Crippen LogP contribution < -0.4 is 4.74 Å². The van der Waals surface area contributed by atoms with Crippen molar-refractivity contribution in [2.45, 2.75) is 5.88 Å². The van der Waals surface area contributed by atoms with Crippen molar-refractivity contribution in [2.75, 3.05) is 0 Å². The van der Waals surface area contributed by atoms with Gasteiger partial charge in [-0.3, -0.25) is 0 Å². The minimum absolute atomic E-state index is 0.186. The van der Waals surface area contributed by atoms with Crippen molar-refractivity contribution in [1.29, 1.82) is 0 Å². The molecule has 0 aliphatic heterocycles. The highest BCUT2D eigenvalue weighted by atomic mass is 35.5. The van der Waals surface area contributed by atoms with Crippen molar-refractivity contribution >= 4 is 58.0 Å². The summed E-state index contributed by atoms with van der Waals surface area (Å²) < 4.78 is 5.54. The second-order valence-corrected chi connectivity index (χ2v) is 5.41. The predicted molar refractivity (Wildman–Crippen MR) is 80.4 cm³/mol. The number of aromatic nitrogens is 1. The monoisotopic (exact) mass is 355 g/mol. The van der Waals surface area contributed by atoms with E-state index in [0.717, 1.165) is 0 Å². The molecule has 1 aromatic heterocycles. The van der Waals surface area contributed by atoms with Gasteiger partial charge < -0.3 is 4.74 Å². The van der Waals surface area contributed by atoms with Gasteiger partial charge in [-0.05, 0) is 12.1 Å². The van der Waals surface area contributed by atoms with Gasteiger partial charge in [0.15, 0.2) is 0 Å². The maximum absolute atomic E-state index is 6.01. The second-order valence-electron chi connectivity index (χ2n) is 3.51. The Balaban J connectivity index is 2.33. The van der Waals surface area contributed by atoms with Gasteiger partial charge in [0, 0.05) is 12.1 Å². The molecule has 0 spiro atoms. The van der Waals surface area contributed by atoms with Crippen molar-refractivity contribution in [3.05, 3.63) is 50.0 Å². The maximum Gasteiger partial charge on any atom is 0.219 e. The van der Waals surface area contributed by atoms with Gasteiger partial charge >= 0.3 is 0 Å². The molecule has 100 valence electrons. The largest absolute Gasteiger partial charge is 0.437 e. The lowest BCUT2D eigenvalue weighted by atomic mass is 10.3. The van der Waals surface area contributed by atoms with Gasteiger partial charge in [-0.1, -0.05) is 46.4 Å². The number of halogens is 5. The molecule has 2 rings (SSSR count). The summed E-state index contributed by atoms with van der Waals surface area (Å²) in [5, 5.41) is 1.50. The molecule has 0 atom stereocenters. The van der Waals surface area contributed by atoms with Crippen LogP contribution in [-0.2, 0) is 5.88 Å². The van der Waals surface area contributed by atoms with E-state index in [1.54, 1.807) is 12.1 Å². The topological polar surface area (TPSA) is 22.1 Å². The predicted octanol–water partition coefficient (Wildman–Crippen LogP) is 6.23. The van der Waals surface area contributed by atoms with Gasteiger partial charge in [0.1, 0.15) is 5.75 Å². The van der Waals surface area contributed by atoms with Gasteiger partial charge in [0.2, 0.25) is 5.88 Å². The Labute approximate surface area is 135 Å². The van der Waals surface area contributed by atoms with Crippen LogP contribution in [0.1, 0.15) is 5.69 Å². The lowest BCUT2D eigenvalue weighted by Gasteiger charge is -2.09. The minimum Gasteiger partial charge on any atom is -0.437 e. The molecule has 0 unspecified atom stereocenters. The number of rotatable bonds is 3. The molecule has 0 radical (unpaired) electrons. The summed E-state index contributed by atoms with van der Waals surface area (Å²) in [5.41, 5.74) is 0.525. The SMILES string of the molecule is ClCc1nc(Oc2cc(Cl)c(Cl)cc2Cl)ccc1Cl. The van der Waals surface area contributed by atoms with E-state index in [1.165, 1.54) is 12.1 Å². The third-order valence-corrected chi connectivity index (χ3v) is 3.82. The highest BCUT2D eigenvalue weighted by molar-refractivity contribution is 6.43. The molecule has 0 aliphatic carbocycles. The normalized spacial score (nSPS) is 10.6. The first kappa shape index (κ1) is 15.0. The number of alkyl halides is 1. The molecule has 2 nitrogen and oxygen atoms in total. The van der Waals surface area contributed by atoms with E-state index >= 15 is 0 Å². The molecule has 1 aromatic carbocycles.